The number of aryl methyl sites for hydroxylation is 1. The average molecular weight is 400 g/mol. The molecule has 0 fully saturated rings. The first-order valence-corrected chi connectivity index (χ1v) is 10.6. The number of fused-ring (bicyclic) bond motifs is 1. The zero-order valence-electron chi connectivity index (χ0n) is 17.7. The summed E-state index contributed by atoms with van der Waals surface area (Å²) in [5.41, 5.74) is 7.69. The molecular formula is C26H29N3O. The third-order valence-corrected chi connectivity index (χ3v) is 6.06. The molecule has 4 nitrogen and oxygen atoms in total. The highest BCUT2D eigenvalue weighted by Gasteiger charge is 2.28. The van der Waals surface area contributed by atoms with Gasteiger partial charge in [0.15, 0.2) is 0 Å². The Balaban J connectivity index is 1.46. The van der Waals surface area contributed by atoms with E-state index in [0.29, 0.717) is 11.8 Å². The highest BCUT2D eigenvalue weighted by molar-refractivity contribution is 5.99. The van der Waals surface area contributed by atoms with Crippen molar-refractivity contribution in [3.63, 3.8) is 0 Å². The first kappa shape index (κ1) is 20.2. The fourth-order valence-corrected chi connectivity index (χ4v) is 4.45. The standard InChI is InChI=1S/C26H29N3O/c1-20-22(18-17-21-11-9-10-16-25(20)21)19-28(2)27-26(30)29(23-12-5-3-6-13-23)24-14-7-4-8-15-24/h3-16,20,22H,17-19H2,1-2H3,(H,27,30). The number of hydrogen-bond donors (Lipinski definition) is 1. The normalized spacial score (nSPS) is 18.0. The summed E-state index contributed by atoms with van der Waals surface area (Å²) in [5, 5.41) is 1.94. The smallest absolute Gasteiger partial charge is 0.270 e. The van der Waals surface area contributed by atoms with Crippen molar-refractivity contribution in [1.82, 2.24) is 10.4 Å². The largest absolute Gasteiger partial charge is 0.340 e. The zero-order chi connectivity index (χ0) is 20.9. The Kier molecular flexibility index (Phi) is 6.15. The molecule has 0 bridgehead atoms. The van der Waals surface area contributed by atoms with Crippen molar-refractivity contribution in [3.8, 4) is 0 Å². The van der Waals surface area contributed by atoms with Crippen LogP contribution in [0.4, 0.5) is 16.2 Å². The van der Waals surface area contributed by atoms with Gasteiger partial charge in [-0.3, -0.25) is 10.3 Å². The van der Waals surface area contributed by atoms with E-state index in [1.807, 2.05) is 72.7 Å². The van der Waals surface area contributed by atoms with E-state index >= 15 is 0 Å². The predicted octanol–water partition coefficient (Wildman–Crippen LogP) is 5.75. The molecule has 2 amide bonds. The highest BCUT2D eigenvalue weighted by atomic mass is 16.2. The van der Waals surface area contributed by atoms with Crippen LogP contribution in [0.15, 0.2) is 84.9 Å². The number of rotatable bonds is 5. The molecular weight excluding hydrogens is 370 g/mol. The number of carbonyl (C=O) groups excluding carboxylic acids is 1. The molecule has 30 heavy (non-hydrogen) atoms. The van der Waals surface area contributed by atoms with E-state index in [1.54, 1.807) is 4.90 Å². The van der Waals surface area contributed by atoms with Gasteiger partial charge in [-0.25, -0.2) is 9.80 Å². The lowest BCUT2D eigenvalue weighted by Crippen LogP contribution is -2.48. The maximum atomic E-state index is 13.2. The van der Waals surface area contributed by atoms with E-state index in [0.717, 1.165) is 30.8 Å². The van der Waals surface area contributed by atoms with Gasteiger partial charge < -0.3 is 0 Å². The Morgan fingerprint density at radius 2 is 1.47 bits per heavy atom. The Morgan fingerprint density at radius 3 is 2.10 bits per heavy atom. The van der Waals surface area contributed by atoms with Gasteiger partial charge in [-0.2, -0.15) is 0 Å². The van der Waals surface area contributed by atoms with Crippen LogP contribution in [0.25, 0.3) is 0 Å². The molecule has 0 aliphatic heterocycles. The van der Waals surface area contributed by atoms with Gasteiger partial charge in [0.25, 0.3) is 0 Å². The number of urea groups is 1. The van der Waals surface area contributed by atoms with Crippen molar-refractivity contribution in [2.75, 3.05) is 18.5 Å². The van der Waals surface area contributed by atoms with Crippen LogP contribution < -0.4 is 10.3 Å². The summed E-state index contributed by atoms with van der Waals surface area (Å²) in [6.07, 6.45) is 2.24. The van der Waals surface area contributed by atoms with Crippen molar-refractivity contribution >= 4 is 17.4 Å². The SMILES string of the molecule is CC1c2ccccc2CCC1CN(C)NC(=O)N(c1ccccc1)c1ccccc1. The van der Waals surface area contributed by atoms with Crippen LogP contribution in [0.1, 0.15) is 30.4 Å². The predicted molar refractivity (Wildman–Crippen MR) is 123 cm³/mol. The van der Waals surface area contributed by atoms with Gasteiger partial charge in [-0.1, -0.05) is 67.6 Å². The van der Waals surface area contributed by atoms with Crippen LogP contribution in [0, 0.1) is 5.92 Å². The van der Waals surface area contributed by atoms with E-state index in [2.05, 4.69) is 36.6 Å². The Morgan fingerprint density at radius 1 is 0.900 bits per heavy atom. The van der Waals surface area contributed by atoms with Crippen LogP contribution in [0.2, 0.25) is 0 Å². The highest BCUT2D eigenvalue weighted by Crippen LogP contribution is 2.36. The summed E-state index contributed by atoms with van der Waals surface area (Å²) in [6.45, 7) is 3.12. The van der Waals surface area contributed by atoms with Crippen LogP contribution in [-0.4, -0.2) is 24.6 Å². The topological polar surface area (TPSA) is 35.6 Å². The molecule has 0 saturated heterocycles. The quantitative estimate of drug-likeness (QED) is 0.555. The number of amides is 2. The molecule has 2 unspecified atom stereocenters. The van der Waals surface area contributed by atoms with Crippen LogP contribution in [-0.2, 0) is 6.42 Å². The molecule has 0 spiro atoms. The van der Waals surface area contributed by atoms with Gasteiger partial charge in [0.2, 0.25) is 0 Å². The molecule has 1 N–H and O–H groups in total. The monoisotopic (exact) mass is 399 g/mol. The van der Waals surface area contributed by atoms with Crippen molar-refractivity contribution < 1.29 is 4.79 Å². The van der Waals surface area contributed by atoms with Gasteiger partial charge in [-0.05, 0) is 60.1 Å². The van der Waals surface area contributed by atoms with E-state index in [4.69, 9.17) is 0 Å². The second-order valence-electron chi connectivity index (χ2n) is 8.09. The summed E-state index contributed by atoms with van der Waals surface area (Å²) in [5.74, 6) is 0.987. The number of nitrogens with one attached hydrogen (secondary N) is 1. The summed E-state index contributed by atoms with van der Waals surface area (Å²) in [4.78, 5) is 15.0. The zero-order valence-corrected chi connectivity index (χ0v) is 17.7. The number of hydrogen-bond acceptors (Lipinski definition) is 2. The number of para-hydroxylation sites is 2. The molecule has 3 aromatic carbocycles. The maximum Gasteiger partial charge on any atom is 0.340 e. The molecule has 0 aromatic heterocycles. The van der Waals surface area contributed by atoms with Crippen molar-refractivity contribution in [1.29, 1.82) is 0 Å². The van der Waals surface area contributed by atoms with Crippen LogP contribution in [0.5, 0.6) is 0 Å². The second kappa shape index (κ2) is 9.14. The summed E-state index contributed by atoms with van der Waals surface area (Å²) < 4.78 is 0. The average Bonchev–Trinajstić information content (AvgIpc) is 2.77. The van der Waals surface area contributed by atoms with Crippen LogP contribution in [0.3, 0.4) is 0 Å². The van der Waals surface area contributed by atoms with Crippen LogP contribution >= 0.6 is 0 Å². The first-order valence-electron chi connectivity index (χ1n) is 10.6. The van der Waals surface area contributed by atoms with Gasteiger partial charge >= 0.3 is 6.03 Å². The summed E-state index contributed by atoms with van der Waals surface area (Å²) in [7, 11) is 1.96. The van der Waals surface area contributed by atoms with E-state index in [1.165, 1.54) is 11.1 Å². The minimum atomic E-state index is -0.154. The molecule has 2 atom stereocenters. The number of hydrazine groups is 1. The lowest BCUT2D eigenvalue weighted by molar-refractivity contribution is 0.176. The van der Waals surface area contributed by atoms with Crippen molar-refractivity contribution in [2.45, 2.75) is 25.7 Å². The molecule has 0 heterocycles. The Hall–Kier alpha value is -3.11. The molecule has 4 rings (SSSR count). The molecule has 154 valence electrons. The second-order valence-corrected chi connectivity index (χ2v) is 8.09. The Labute approximate surface area is 179 Å². The van der Waals surface area contributed by atoms with E-state index < -0.39 is 0 Å². The van der Waals surface area contributed by atoms with Crippen molar-refractivity contribution in [3.05, 3.63) is 96.1 Å². The lowest BCUT2D eigenvalue weighted by Gasteiger charge is -2.34. The number of carbonyl (C=O) groups is 1. The van der Waals surface area contributed by atoms with Gasteiger partial charge in [-0.15, -0.1) is 0 Å². The first-order chi connectivity index (χ1) is 14.6. The summed E-state index contributed by atoms with van der Waals surface area (Å²) >= 11 is 0. The minimum Gasteiger partial charge on any atom is -0.270 e. The summed E-state index contributed by atoms with van der Waals surface area (Å²) in [6, 6.07) is 28.1. The maximum absolute atomic E-state index is 13.2. The fraction of sp³-hybridized carbons (Fsp3) is 0.269. The van der Waals surface area contributed by atoms with E-state index in [-0.39, 0.29) is 6.03 Å². The third-order valence-electron chi connectivity index (χ3n) is 6.06. The number of benzene rings is 3. The number of nitrogens with zero attached hydrogens (tertiary/aromatic N) is 2. The van der Waals surface area contributed by atoms with E-state index in [9.17, 15) is 4.79 Å². The molecule has 4 heteroatoms. The van der Waals surface area contributed by atoms with Gasteiger partial charge in [0, 0.05) is 13.6 Å². The third kappa shape index (κ3) is 4.39. The molecule has 0 radical (unpaired) electrons. The minimum absolute atomic E-state index is 0.154. The fourth-order valence-electron chi connectivity index (χ4n) is 4.45. The van der Waals surface area contributed by atoms with Gasteiger partial charge in [0.05, 0.1) is 11.4 Å². The van der Waals surface area contributed by atoms with Gasteiger partial charge in [0.1, 0.15) is 0 Å². The molecule has 1 aliphatic carbocycles. The molecule has 3 aromatic rings. The number of anilines is 2. The molecule has 1 aliphatic rings. The lowest BCUT2D eigenvalue weighted by atomic mass is 9.76. The molecule has 0 saturated carbocycles. The Bertz CT molecular complexity index is 934. The van der Waals surface area contributed by atoms with Crippen molar-refractivity contribution in [2.24, 2.45) is 5.92 Å².